The van der Waals surface area contributed by atoms with Gasteiger partial charge in [0.2, 0.25) is 0 Å². The van der Waals surface area contributed by atoms with E-state index in [2.05, 4.69) is 9.72 Å². The number of nitrogens with one attached hydrogen (secondary N) is 2. The van der Waals surface area contributed by atoms with E-state index < -0.39 is 16.1 Å². The van der Waals surface area contributed by atoms with Gasteiger partial charge in [0.25, 0.3) is 10.0 Å². The number of sulfonamides is 1. The molecule has 0 aromatic carbocycles. The summed E-state index contributed by atoms with van der Waals surface area (Å²) in [6, 6.07) is 2.83. The van der Waals surface area contributed by atoms with Crippen LogP contribution in [0, 0.1) is 0 Å². The van der Waals surface area contributed by atoms with Gasteiger partial charge < -0.3 is 9.72 Å². The molecule has 13 heavy (non-hydrogen) atoms. The van der Waals surface area contributed by atoms with Crippen molar-refractivity contribution in [2.75, 3.05) is 7.11 Å². The number of ether oxygens (including phenoxy) is 1. The third-order valence-corrected chi connectivity index (χ3v) is 2.53. The first-order valence-corrected chi connectivity index (χ1v) is 4.79. The van der Waals surface area contributed by atoms with Gasteiger partial charge >= 0.3 is 6.09 Å². The molecule has 0 fully saturated rings. The maximum atomic E-state index is 11.2. The molecule has 1 heterocycles. The van der Waals surface area contributed by atoms with Crippen molar-refractivity contribution >= 4 is 16.1 Å². The number of carbonyl (C=O) groups excluding carboxylic acids is 1. The molecular weight excluding hydrogens is 196 g/mol. The average Bonchev–Trinajstić information content (AvgIpc) is 2.55. The second-order valence-electron chi connectivity index (χ2n) is 2.13. The van der Waals surface area contributed by atoms with Gasteiger partial charge in [0.05, 0.1) is 7.11 Å². The Balaban J connectivity index is 2.86. The molecule has 0 spiro atoms. The second kappa shape index (κ2) is 3.48. The molecule has 0 aliphatic carbocycles. The van der Waals surface area contributed by atoms with E-state index in [1.165, 1.54) is 18.3 Å². The molecule has 2 N–H and O–H groups in total. The fourth-order valence-electron chi connectivity index (χ4n) is 0.687. The highest BCUT2D eigenvalue weighted by Gasteiger charge is 2.17. The van der Waals surface area contributed by atoms with E-state index in [4.69, 9.17) is 0 Å². The first-order chi connectivity index (χ1) is 6.06. The lowest BCUT2D eigenvalue weighted by Crippen LogP contribution is -2.30. The fraction of sp³-hybridized carbons (Fsp3) is 0.167. The highest BCUT2D eigenvalue weighted by atomic mass is 32.2. The van der Waals surface area contributed by atoms with Gasteiger partial charge in [0, 0.05) is 6.20 Å². The zero-order chi connectivity index (χ0) is 9.90. The van der Waals surface area contributed by atoms with Crippen LogP contribution in [0.25, 0.3) is 0 Å². The quantitative estimate of drug-likeness (QED) is 0.712. The summed E-state index contributed by atoms with van der Waals surface area (Å²) < 4.78 is 28.3. The van der Waals surface area contributed by atoms with Crippen LogP contribution in [0.2, 0.25) is 0 Å². The summed E-state index contributed by atoms with van der Waals surface area (Å²) >= 11 is 0. The molecule has 72 valence electrons. The third kappa shape index (κ3) is 2.22. The average molecular weight is 204 g/mol. The van der Waals surface area contributed by atoms with Gasteiger partial charge in [-0.25, -0.2) is 9.52 Å². The maximum Gasteiger partial charge on any atom is 0.420 e. The molecule has 1 amide bonds. The molecule has 6 nitrogen and oxygen atoms in total. The number of methoxy groups -OCH3 is 1. The number of H-pyrrole nitrogens is 1. The molecule has 0 atom stereocenters. The highest BCUT2D eigenvalue weighted by molar-refractivity contribution is 7.90. The zero-order valence-corrected chi connectivity index (χ0v) is 7.59. The van der Waals surface area contributed by atoms with E-state index in [0.29, 0.717) is 0 Å². The second-order valence-corrected chi connectivity index (χ2v) is 3.78. The summed E-state index contributed by atoms with van der Waals surface area (Å²) in [4.78, 5) is 13.0. The van der Waals surface area contributed by atoms with E-state index in [1.807, 2.05) is 0 Å². The molecule has 0 saturated carbocycles. The van der Waals surface area contributed by atoms with Crippen LogP contribution < -0.4 is 4.72 Å². The predicted octanol–water partition coefficient (Wildman–Crippen LogP) is 0.0594. The lowest BCUT2D eigenvalue weighted by Gasteiger charge is -2.02. The smallest absolute Gasteiger partial charge is 0.420 e. The Kier molecular flexibility index (Phi) is 2.57. The lowest BCUT2D eigenvalue weighted by molar-refractivity contribution is 0.177. The Hall–Kier alpha value is -1.50. The minimum Gasteiger partial charge on any atom is -0.452 e. The first kappa shape index (κ1) is 9.59. The van der Waals surface area contributed by atoms with Gasteiger partial charge in [0.1, 0.15) is 0 Å². The van der Waals surface area contributed by atoms with Gasteiger partial charge in [-0.3, -0.25) is 0 Å². The van der Waals surface area contributed by atoms with E-state index in [0.717, 1.165) is 7.11 Å². The minimum absolute atomic E-state index is 0.0853. The SMILES string of the molecule is COC(=O)NS(=O)(=O)c1ccc[nH]1. The van der Waals surface area contributed by atoms with Crippen molar-refractivity contribution in [3.63, 3.8) is 0 Å². The monoisotopic (exact) mass is 204 g/mol. The number of rotatable bonds is 2. The highest BCUT2D eigenvalue weighted by Crippen LogP contribution is 2.03. The van der Waals surface area contributed by atoms with Crippen LogP contribution in [-0.4, -0.2) is 26.6 Å². The van der Waals surface area contributed by atoms with Crippen molar-refractivity contribution in [2.24, 2.45) is 0 Å². The van der Waals surface area contributed by atoms with Crippen LogP contribution in [0.1, 0.15) is 0 Å². The Morgan fingerprint density at radius 3 is 2.77 bits per heavy atom. The topological polar surface area (TPSA) is 88.3 Å². The van der Waals surface area contributed by atoms with Crippen LogP contribution in [0.5, 0.6) is 0 Å². The van der Waals surface area contributed by atoms with Crippen LogP contribution in [0.15, 0.2) is 23.4 Å². The number of hydrogen-bond donors (Lipinski definition) is 2. The maximum absolute atomic E-state index is 11.2. The van der Waals surface area contributed by atoms with Gasteiger partial charge in [-0.05, 0) is 12.1 Å². The lowest BCUT2D eigenvalue weighted by atomic mass is 10.7. The van der Waals surface area contributed by atoms with E-state index in [1.54, 1.807) is 4.72 Å². The van der Waals surface area contributed by atoms with Crippen molar-refractivity contribution in [3.05, 3.63) is 18.3 Å². The van der Waals surface area contributed by atoms with Crippen LogP contribution in [0.4, 0.5) is 4.79 Å². The number of amides is 1. The molecule has 0 aliphatic rings. The molecule has 7 heteroatoms. The molecule has 0 bridgehead atoms. The van der Waals surface area contributed by atoms with Gasteiger partial charge in [-0.1, -0.05) is 0 Å². The summed E-state index contributed by atoms with van der Waals surface area (Å²) in [6.07, 6.45) is 0.417. The largest absolute Gasteiger partial charge is 0.452 e. The molecule has 1 aromatic heterocycles. The van der Waals surface area contributed by atoms with Crippen LogP contribution in [0.3, 0.4) is 0 Å². The molecule has 0 aliphatic heterocycles. The van der Waals surface area contributed by atoms with Crippen molar-refractivity contribution in [2.45, 2.75) is 5.03 Å². The molecule has 1 aromatic rings. The standard InChI is InChI=1S/C6H8N2O4S/c1-12-6(9)8-13(10,11)5-3-2-4-7-5/h2-4,7H,1H3,(H,8,9). The van der Waals surface area contributed by atoms with Crippen LogP contribution >= 0.6 is 0 Å². The molecule has 0 unspecified atom stereocenters. The van der Waals surface area contributed by atoms with Crippen molar-refractivity contribution in [1.82, 2.24) is 9.71 Å². The zero-order valence-electron chi connectivity index (χ0n) is 6.77. The van der Waals surface area contributed by atoms with E-state index in [-0.39, 0.29) is 5.03 Å². The summed E-state index contributed by atoms with van der Waals surface area (Å²) in [5, 5.41) is -0.0853. The minimum atomic E-state index is -3.81. The van der Waals surface area contributed by atoms with Gasteiger partial charge in [-0.2, -0.15) is 8.42 Å². The van der Waals surface area contributed by atoms with E-state index in [9.17, 15) is 13.2 Å². The summed E-state index contributed by atoms with van der Waals surface area (Å²) in [7, 11) is -2.73. The van der Waals surface area contributed by atoms with Crippen molar-refractivity contribution in [3.8, 4) is 0 Å². The molecule has 1 rings (SSSR count). The van der Waals surface area contributed by atoms with E-state index >= 15 is 0 Å². The van der Waals surface area contributed by atoms with Crippen molar-refractivity contribution in [1.29, 1.82) is 0 Å². The Labute approximate surface area is 75.0 Å². The molecule has 0 saturated heterocycles. The Bertz CT molecular complexity index is 381. The van der Waals surface area contributed by atoms with Crippen LogP contribution in [-0.2, 0) is 14.8 Å². The number of carbonyl (C=O) groups is 1. The fourth-order valence-corrected chi connectivity index (χ4v) is 1.58. The van der Waals surface area contributed by atoms with Gasteiger partial charge in [-0.15, -0.1) is 0 Å². The van der Waals surface area contributed by atoms with Crippen molar-refractivity contribution < 1.29 is 17.9 Å². The van der Waals surface area contributed by atoms with Gasteiger partial charge in [0.15, 0.2) is 5.03 Å². The summed E-state index contributed by atoms with van der Waals surface area (Å²) in [5.41, 5.74) is 0. The normalized spacial score (nSPS) is 10.8. The predicted molar refractivity (Wildman–Crippen MR) is 43.5 cm³/mol. The summed E-state index contributed by atoms with van der Waals surface area (Å²) in [5.74, 6) is 0. The Morgan fingerprint density at radius 1 is 1.62 bits per heavy atom. The number of hydrogen-bond acceptors (Lipinski definition) is 4. The molecular formula is C6H8N2O4S. The third-order valence-electron chi connectivity index (χ3n) is 1.26. The number of aromatic amines is 1. The Morgan fingerprint density at radius 2 is 2.31 bits per heavy atom. The first-order valence-electron chi connectivity index (χ1n) is 3.30. The summed E-state index contributed by atoms with van der Waals surface area (Å²) in [6.45, 7) is 0. The number of aromatic nitrogens is 1. The molecule has 0 radical (unpaired) electrons.